The van der Waals surface area contributed by atoms with Crippen molar-refractivity contribution in [2.24, 2.45) is 11.8 Å². The SMILES string of the molecule is CCOC1(C(NC)C2CCCC(C)C2)CCCCCC1. The van der Waals surface area contributed by atoms with Crippen molar-refractivity contribution < 1.29 is 4.74 Å². The molecule has 0 amide bonds. The molecule has 2 rings (SSSR count). The van der Waals surface area contributed by atoms with Crippen molar-refractivity contribution in [2.45, 2.75) is 89.7 Å². The summed E-state index contributed by atoms with van der Waals surface area (Å²) in [6, 6.07) is 0.559. The lowest BCUT2D eigenvalue weighted by Gasteiger charge is -2.46. The van der Waals surface area contributed by atoms with Crippen molar-refractivity contribution in [3.63, 3.8) is 0 Å². The summed E-state index contributed by atoms with van der Waals surface area (Å²) >= 11 is 0. The third-order valence-electron chi connectivity index (χ3n) is 5.71. The van der Waals surface area contributed by atoms with Crippen LogP contribution in [0.3, 0.4) is 0 Å². The summed E-state index contributed by atoms with van der Waals surface area (Å²) < 4.78 is 6.43. The molecule has 3 unspecified atom stereocenters. The van der Waals surface area contributed by atoms with Crippen LogP contribution >= 0.6 is 0 Å². The van der Waals surface area contributed by atoms with Crippen LogP contribution in [0.5, 0.6) is 0 Å². The molecule has 0 spiro atoms. The monoisotopic (exact) mass is 281 g/mol. The van der Waals surface area contributed by atoms with E-state index in [1.165, 1.54) is 64.2 Å². The van der Waals surface area contributed by atoms with Crippen LogP contribution in [0.2, 0.25) is 0 Å². The molecule has 0 aromatic rings. The molecule has 0 heterocycles. The van der Waals surface area contributed by atoms with Crippen molar-refractivity contribution >= 4 is 0 Å². The molecule has 0 saturated heterocycles. The maximum atomic E-state index is 6.43. The molecule has 2 nitrogen and oxygen atoms in total. The van der Waals surface area contributed by atoms with E-state index in [9.17, 15) is 0 Å². The van der Waals surface area contributed by atoms with Crippen LogP contribution in [0.1, 0.15) is 78.1 Å². The number of nitrogens with one attached hydrogen (secondary N) is 1. The number of ether oxygens (including phenoxy) is 1. The fourth-order valence-corrected chi connectivity index (χ4v) is 4.87. The maximum absolute atomic E-state index is 6.43. The van der Waals surface area contributed by atoms with Gasteiger partial charge in [0, 0.05) is 12.6 Å². The quantitative estimate of drug-likeness (QED) is 0.748. The summed E-state index contributed by atoms with van der Waals surface area (Å²) in [5, 5.41) is 3.69. The zero-order valence-corrected chi connectivity index (χ0v) is 13.9. The van der Waals surface area contributed by atoms with Crippen molar-refractivity contribution in [3.8, 4) is 0 Å². The van der Waals surface area contributed by atoms with Gasteiger partial charge in [-0.05, 0) is 51.5 Å². The molecule has 2 aliphatic carbocycles. The molecule has 20 heavy (non-hydrogen) atoms. The van der Waals surface area contributed by atoms with Gasteiger partial charge < -0.3 is 10.1 Å². The van der Waals surface area contributed by atoms with Gasteiger partial charge in [0.05, 0.1) is 5.60 Å². The Kier molecular flexibility index (Phi) is 6.35. The molecular formula is C18H35NO. The highest BCUT2D eigenvalue weighted by molar-refractivity contribution is 4.98. The molecule has 3 atom stereocenters. The number of hydrogen-bond acceptors (Lipinski definition) is 2. The summed E-state index contributed by atoms with van der Waals surface area (Å²) in [5.41, 5.74) is 0.113. The Bertz CT molecular complexity index is 271. The van der Waals surface area contributed by atoms with Crippen LogP contribution in [0, 0.1) is 11.8 Å². The zero-order valence-electron chi connectivity index (χ0n) is 13.9. The molecule has 0 aliphatic heterocycles. The molecule has 2 heteroatoms. The maximum Gasteiger partial charge on any atom is 0.0837 e. The van der Waals surface area contributed by atoms with Crippen molar-refractivity contribution in [1.82, 2.24) is 5.32 Å². The van der Waals surface area contributed by atoms with Crippen LogP contribution in [-0.4, -0.2) is 25.3 Å². The van der Waals surface area contributed by atoms with Gasteiger partial charge in [0.1, 0.15) is 0 Å². The van der Waals surface area contributed by atoms with E-state index in [-0.39, 0.29) is 5.60 Å². The first-order valence-corrected chi connectivity index (χ1v) is 9.03. The molecule has 0 aromatic carbocycles. The van der Waals surface area contributed by atoms with Crippen LogP contribution < -0.4 is 5.32 Å². The molecule has 2 aliphatic rings. The summed E-state index contributed by atoms with van der Waals surface area (Å²) in [5.74, 6) is 1.71. The van der Waals surface area contributed by atoms with Crippen molar-refractivity contribution in [3.05, 3.63) is 0 Å². The Hall–Kier alpha value is -0.0800. The Labute approximate surface area is 126 Å². The van der Waals surface area contributed by atoms with E-state index in [0.717, 1.165) is 18.4 Å². The standard InChI is InChI=1S/C18H35NO/c1-4-20-18(12-7-5-6-8-13-18)17(19-3)16-11-9-10-15(2)14-16/h15-17,19H,4-14H2,1-3H3. The van der Waals surface area contributed by atoms with E-state index in [1.807, 2.05) is 0 Å². The molecule has 1 N–H and O–H groups in total. The second-order valence-corrected chi connectivity index (χ2v) is 7.21. The fourth-order valence-electron chi connectivity index (χ4n) is 4.87. The molecule has 2 fully saturated rings. The summed E-state index contributed by atoms with van der Waals surface area (Å²) in [6.45, 7) is 5.46. The van der Waals surface area contributed by atoms with Gasteiger partial charge in [-0.3, -0.25) is 0 Å². The molecule has 0 bridgehead atoms. The lowest BCUT2D eigenvalue weighted by molar-refractivity contribution is -0.0932. The second-order valence-electron chi connectivity index (χ2n) is 7.21. The van der Waals surface area contributed by atoms with E-state index in [2.05, 4.69) is 26.2 Å². The first-order valence-electron chi connectivity index (χ1n) is 9.03. The minimum atomic E-state index is 0.113. The van der Waals surface area contributed by atoms with E-state index in [0.29, 0.717) is 6.04 Å². The van der Waals surface area contributed by atoms with Gasteiger partial charge in [0.25, 0.3) is 0 Å². The van der Waals surface area contributed by atoms with Gasteiger partial charge >= 0.3 is 0 Å². The van der Waals surface area contributed by atoms with Crippen LogP contribution in [0.4, 0.5) is 0 Å². The highest BCUT2D eigenvalue weighted by atomic mass is 16.5. The number of hydrogen-bond donors (Lipinski definition) is 1. The van der Waals surface area contributed by atoms with E-state index < -0.39 is 0 Å². The Balaban J connectivity index is 2.14. The highest BCUT2D eigenvalue weighted by Gasteiger charge is 2.43. The predicted molar refractivity (Wildman–Crippen MR) is 86.0 cm³/mol. The third-order valence-corrected chi connectivity index (χ3v) is 5.71. The van der Waals surface area contributed by atoms with Gasteiger partial charge in [-0.25, -0.2) is 0 Å². The van der Waals surface area contributed by atoms with Crippen molar-refractivity contribution in [2.75, 3.05) is 13.7 Å². The summed E-state index contributed by atoms with van der Waals surface area (Å²) in [7, 11) is 2.16. The Morgan fingerprint density at radius 3 is 2.35 bits per heavy atom. The minimum absolute atomic E-state index is 0.113. The topological polar surface area (TPSA) is 21.3 Å². The first kappa shape index (κ1) is 16.3. The average molecular weight is 281 g/mol. The summed E-state index contributed by atoms with van der Waals surface area (Å²) in [6.07, 6.45) is 13.6. The summed E-state index contributed by atoms with van der Waals surface area (Å²) in [4.78, 5) is 0. The van der Waals surface area contributed by atoms with Crippen LogP contribution in [0.25, 0.3) is 0 Å². The minimum Gasteiger partial charge on any atom is -0.374 e. The second kappa shape index (κ2) is 7.79. The first-order chi connectivity index (χ1) is 9.72. The fraction of sp³-hybridized carbons (Fsp3) is 1.00. The smallest absolute Gasteiger partial charge is 0.0837 e. The van der Waals surface area contributed by atoms with E-state index in [4.69, 9.17) is 4.74 Å². The number of likely N-dealkylation sites (N-methyl/N-ethyl adjacent to an activating group) is 1. The lowest BCUT2D eigenvalue weighted by Crippen LogP contribution is -2.56. The van der Waals surface area contributed by atoms with Gasteiger partial charge in [0.2, 0.25) is 0 Å². The average Bonchev–Trinajstić information content (AvgIpc) is 2.66. The number of rotatable bonds is 5. The third kappa shape index (κ3) is 3.76. The molecular weight excluding hydrogens is 246 g/mol. The molecule has 0 radical (unpaired) electrons. The van der Waals surface area contributed by atoms with E-state index in [1.54, 1.807) is 0 Å². The lowest BCUT2D eigenvalue weighted by atomic mass is 9.71. The Morgan fingerprint density at radius 1 is 1.10 bits per heavy atom. The molecule has 118 valence electrons. The van der Waals surface area contributed by atoms with Gasteiger partial charge in [-0.1, -0.05) is 45.4 Å². The van der Waals surface area contributed by atoms with Crippen LogP contribution in [0.15, 0.2) is 0 Å². The van der Waals surface area contributed by atoms with Crippen molar-refractivity contribution in [1.29, 1.82) is 0 Å². The predicted octanol–water partition coefficient (Wildman–Crippen LogP) is 4.53. The van der Waals surface area contributed by atoms with Crippen LogP contribution in [-0.2, 0) is 4.74 Å². The zero-order chi connectivity index (χ0) is 14.4. The van der Waals surface area contributed by atoms with Gasteiger partial charge in [-0.2, -0.15) is 0 Å². The molecule has 0 aromatic heterocycles. The van der Waals surface area contributed by atoms with Gasteiger partial charge in [0.15, 0.2) is 0 Å². The largest absolute Gasteiger partial charge is 0.374 e. The Morgan fingerprint density at radius 2 is 1.80 bits per heavy atom. The molecule has 2 saturated carbocycles. The highest BCUT2D eigenvalue weighted by Crippen LogP contribution is 2.41. The van der Waals surface area contributed by atoms with Gasteiger partial charge in [-0.15, -0.1) is 0 Å². The van der Waals surface area contributed by atoms with E-state index >= 15 is 0 Å². The normalized spacial score (nSPS) is 32.5.